The van der Waals surface area contributed by atoms with Crippen molar-refractivity contribution in [1.29, 1.82) is 0 Å². The third kappa shape index (κ3) is 3.29. The molecule has 1 nitrogen and oxygen atoms in total. The average molecular weight is 251 g/mol. The van der Waals surface area contributed by atoms with Crippen molar-refractivity contribution < 1.29 is 0 Å². The van der Waals surface area contributed by atoms with Crippen molar-refractivity contribution in [1.82, 2.24) is 5.32 Å². The maximum Gasteiger partial charge on any atom is 0.00952 e. The molecule has 0 amide bonds. The molecule has 2 aliphatic carbocycles. The molecule has 0 aromatic rings. The lowest BCUT2D eigenvalue weighted by atomic mass is 9.69. The Morgan fingerprint density at radius 3 is 2.17 bits per heavy atom. The fourth-order valence-corrected chi connectivity index (χ4v) is 4.03. The SMILES string of the molecule is CCC(C)(C)C1CCC(NC2CCCC2C)CC1. The van der Waals surface area contributed by atoms with Gasteiger partial charge in [0.05, 0.1) is 0 Å². The normalized spacial score (nSPS) is 38.0. The molecule has 18 heavy (non-hydrogen) atoms. The van der Waals surface area contributed by atoms with E-state index in [1.165, 1.54) is 51.4 Å². The standard InChI is InChI=1S/C17H33N/c1-5-17(3,4)14-9-11-15(12-10-14)18-16-8-6-7-13(16)2/h13-16,18H,5-12H2,1-4H3. The van der Waals surface area contributed by atoms with Gasteiger partial charge in [-0.15, -0.1) is 0 Å². The highest BCUT2D eigenvalue weighted by atomic mass is 15.0. The summed E-state index contributed by atoms with van der Waals surface area (Å²) in [5.74, 6) is 1.87. The topological polar surface area (TPSA) is 12.0 Å². The Morgan fingerprint density at radius 2 is 1.67 bits per heavy atom. The fraction of sp³-hybridized carbons (Fsp3) is 1.00. The predicted octanol–water partition coefficient (Wildman–Crippen LogP) is 4.76. The molecule has 2 fully saturated rings. The number of rotatable bonds is 4. The second-order valence-corrected chi connectivity index (χ2v) is 7.57. The first-order valence-corrected chi connectivity index (χ1v) is 8.29. The molecule has 2 rings (SSSR count). The average Bonchev–Trinajstić information content (AvgIpc) is 2.76. The quantitative estimate of drug-likeness (QED) is 0.759. The second-order valence-electron chi connectivity index (χ2n) is 7.57. The van der Waals surface area contributed by atoms with Gasteiger partial charge in [-0.2, -0.15) is 0 Å². The van der Waals surface area contributed by atoms with E-state index in [0.29, 0.717) is 5.41 Å². The molecule has 0 spiro atoms. The van der Waals surface area contributed by atoms with Crippen LogP contribution in [0.4, 0.5) is 0 Å². The minimum absolute atomic E-state index is 0.561. The van der Waals surface area contributed by atoms with Crippen LogP contribution in [0.1, 0.15) is 79.1 Å². The Hall–Kier alpha value is -0.0400. The highest BCUT2D eigenvalue weighted by Gasteiger charge is 2.33. The Kier molecular flexibility index (Phi) is 4.75. The van der Waals surface area contributed by atoms with Gasteiger partial charge in [0.2, 0.25) is 0 Å². The maximum atomic E-state index is 3.96. The van der Waals surface area contributed by atoms with E-state index in [1.54, 1.807) is 0 Å². The molecule has 0 radical (unpaired) electrons. The zero-order valence-electron chi connectivity index (χ0n) is 13.0. The lowest BCUT2D eigenvalue weighted by Crippen LogP contribution is -2.43. The van der Waals surface area contributed by atoms with Crippen LogP contribution in [-0.4, -0.2) is 12.1 Å². The third-order valence-electron chi connectivity index (χ3n) is 6.05. The number of nitrogens with one attached hydrogen (secondary N) is 1. The van der Waals surface area contributed by atoms with Crippen molar-refractivity contribution in [3.05, 3.63) is 0 Å². The molecule has 106 valence electrons. The predicted molar refractivity (Wildman–Crippen MR) is 79.8 cm³/mol. The molecule has 0 heterocycles. The summed E-state index contributed by atoms with van der Waals surface area (Å²) in [6.45, 7) is 9.70. The van der Waals surface area contributed by atoms with Crippen LogP contribution in [0, 0.1) is 17.3 Å². The van der Waals surface area contributed by atoms with E-state index in [9.17, 15) is 0 Å². The van der Waals surface area contributed by atoms with Crippen molar-refractivity contribution in [2.45, 2.75) is 91.1 Å². The summed E-state index contributed by atoms with van der Waals surface area (Å²) in [5.41, 5.74) is 0.561. The molecular formula is C17H33N. The van der Waals surface area contributed by atoms with E-state index in [2.05, 4.69) is 33.0 Å². The van der Waals surface area contributed by atoms with E-state index in [-0.39, 0.29) is 0 Å². The van der Waals surface area contributed by atoms with Crippen LogP contribution >= 0.6 is 0 Å². The van der Waals surface area contributed by atoms with Gasteiger partial charge in [0.25, 0.3) is 0 Å². The third-order valence-corrected chi connectivity index (χ3v) is 6.05. The lowest BCUT2D eigenvalue weighted by molar-refractivity contribution is 0.132. The Labute approximate surface area is 114 Å². The molecule has 1 N–H and O–H groups in total. The van der Waals surface area contributed by atoms with Gasteiger partial charge in [-0.1, -0.05) is 40.5 Å². The molecule has 0 aromatic carbocycles. The van der Waals surface area contributed by atoms with Crippen molar-refractivity contribution in [2.75, 3.05) is 0 Å². The Morgan fingerprint density at radius 1 is 1.00 bits per heavy atom. The highest BCUT2D eigenvalue weighted by Crippen LogP contribution is 2.40. The van der Waals surface area contributed by atoms with Gasteiger partial charge in [-0.25, -0.2) is 0 Å². The van der Waals surface area contributed by atoms with E-state index < -0.39 is 0 Å². The Bertz CT molecular complexity index is 250. The number of hydrogen-bond donors (Lipinski definition) is 1. The van der Waals surface area contributed by atoms with Crippen LogP contribution in [0.3, 0.4) is 0 Å². The second kappa shape index (κ2) is 5.94. The smallest absolute Gasteiger partial charge is 0.00952 e. The molecular weight excluding hydrogens is 218 g/mol. The van der Waals surface area contributed by atoms with Crippen molar-refractivity contribution in [2.24, 2.45) is 17.3 Å². The Balaban J connectivity index is 1.76. The summed E-state index contributed by atoms with van der Waals surface area (Å²) in [6.07, 6.45) is 11.3. The van der Waals surface area contributed by atoms with E-state index >= 15 is 0 Å². The molecule has 2 saturated carbocycles. The van der Waals surface area contributed by atoms with E-state index in [1.807, 2.05) is 0 Å². The van der Waals surface area contributed by atoms with Gasteiger partial charge in [0, 0.05) is 12.1 Å². The van der Waals surface area contributed by atoms with Crippen molar-refractivity contribution in [3.8, 4) is 0 Å². The summed E-state index contributed by atoms with van der Waals surface area (Å²) in [7, 11) is 0. The van der Waals surface area contributed by atoms with Crippen LogP contribution in [0.5, 0.6) is 0 Å². The molecule has 1 heteroatoms. The summed E-state index contributed by atoms with van der Waals surface area (Å²) >= 11 is 0. The van der Waals surface area contributed by atoms with Crippen LogP contribution in [-0.2, 0) is 0 Å². The van der Waals surface area contributed by atoms with Crippen molar-refractivity contribution in [3.63, 3.8) is 0 Å². The molecule has 2 aliphatic rings. The van der Waals surface area contributed by atoms with Crippen molar-refractivity contribution >= 4 is 0 Å². The summed E-state index contributed by atoms with van der Waals surface area (Å²) in [5, 5.41) is 3.96. The molecule has 2 unspecified atom stereocenters. The van der Waals surface area contributed by atoms with Gasteiger partial charge in [-0.05, 0) is 55.8 Å². The van der Waals surface area contributed by atoms with Gasteiger partial charge in [-0.3, -0.25) is 0 Å². The molecule has 0 saturated heterocycles. The lowest BCUT2D eigenvalue weighted by Gasteiger charge is -2.40. The first-order valence-electron chi connectivity index (χ1n) is 8.29. The van der Waals surface area contributed by atoms with Gasteiger partial charge < -0.3 is 5.32 Å². The first-order chi connectivity index (χ1) is 8.53. The van der Waals surface area contributed by atoms with Crippen LogP contribution < -0.4 is 5.32 Å². The zero-order valence-corrected chi connectivity index (χ0v) is 13.0. The van der Waals surface area contributed by atoms with Crippen LogP contribution in [0.2, 0.25) is 0 Å². The highest BCUT2D eigenvalue weighted by molar-refractivity contribution is 4.88. The zero-order chi connectivity index (χ0) is 13.2. The van der Waals surface area contributed by atoms with E-state index in [0.717, 1.165) is 23.9 Å². The monoisotopic (exact) mass is 251 g/mol. The number of hydrogen-bond acceptors (Lipinski definition) is 1. The van der Waals surface area contributed by atoms with Gasteiger partial charge in [0.1, 0.15) is 0 Å². The van der Waals surface area contributed by atoms with Gasteiger partial charge in [0.15, 0.2) is 0 Å². The first kappa shape index (κ1) is 14.4. The molecule has 0 bridgehead atoms. The largest absolute Gasteiger partial charge is 0.311 e. The molecule has 2 atom stereocenters. The summed E-state index contributed by atoms with van der Waals surface area (Å²) in [6, 6.07) is 1.64. The van der Waals surface area contributed by atoms with E-state index in [4.69, 9.17) is 0 Å². The minimum Gasteiger partial charge on any atom is -0.311 e. The summed E-state index contributed by atoms with van der Waals surface area (Å²) < 4.78 is 0. The maximum absolute atomic E-state index is 3.96. The molecule has 0 aromatic heterocycles. The van der Waals surface area contributed by atoms with Crippen LogP contribution in [0.25, 0.3) is 0 Å². The molecule has 0 aliphatic heterocycles. The van der Waals surface area contributed by atoms with Gasteiger partial charge >= 0.3 is 0 Å². The summed E-state index contributed by atoms with van der Waals surface area (Å²) in [4.78, 5) is 0. The minimum atomic E-state index is 0.561. The fourth-order valence-electron chi connectivity index (χ4n) is 4.03. The van der Waals surface area contributed by atoms with Crippen LogP contribution in [0.15, 0.2) is 0 Å².